The predicted octanol–water partition coefficient (Wildman–Crippen LogP) is 4.04. The van der Waals surface area contributed by atoms with Crippen molar-refractivity contribution in [2.24, 2.45) is 0 Å². The fourth-order valence-corrected chi connectivity index (χ4v) is 2.30. The minimum Gasteiger partial charge on any atom is -0.487 e. The number of fused-ring (bicyclic) bond motifs is 1. The zero-order chi connectivity index (χ0) is 13.9. The van der Waals surface area contributed by atoms with Crippen molar-refractivity contribution in [3.63, 3.8) is 0 Å². The van der Waals surface area contributed by atoms with Crippen LogP contribution in [0.3, 0.4) is 0 Å². The molecule has 0 N–H and O–H groups in total. The van der Waals surface area contributed by atoms with Gasteiger partial charge >= 0.3 is 0 Å². The van der Waals surface area contributed by atoms with Gasteiger partial charge in [-0.15, -0.1) is 0 Å². The van der Waals surface area contributed by atoms with Gasteiger partial charge in [-0.3, -0.25) is 0 Å². The van der Waals surface area contributed by atoms with Gasteiger partial charge in [0.2, 0.25) is 0 Å². The number of pyridine rings is 1. The van der Waals surface area contributed by atoms with Crippen molar-refractivity contribution in [1.29, 1.82) is 0 Å². The Hall–Kier alpha value is -2.29. The molecule has 3 nitrogen and oxygen atoms in total. The normalized spacial score (nSPS) is 11.2. The number of imidazole rings is 1. The summed E-state index contributed by atoms with van der Waals surface area (Å²) in [7, 11) is 0. The Bertz CT molecular complexity index is 683. The summed E-state index contributed by atoms with van der Waals surface area (Å²) in [5.41, 5.74) is 3.12. The van der Waals surface area contributed by atoms with Crippen LogP contribution in [0.15, 0.2) is 54.9 Å². The summed E-state index contributed by atoms with van der Waals surface area (Å²) in [6, 6.07) is 14.2. The molecule has 0 unspecified atom stereocenters. The molecule has 2 heterocycles. The van der Waals surface area contributed by atoms with Gasteiger partial charge in [0.25, 0.3) is 0 Å². The molecule has 3 heteroatoms. The number of para-hydroxylation sites is 1. The molecule has 0 saturated carbocycles. The molecule has 0 aliphatic rings. The molecule has 1 aromatic carbocycles. The number of aromatic nitrogens is 2. The summed E-state index contributed by atoms with van der Waals surface area (Å²) in [5.74, 6) is 1.40. The molecule has 20 heavy (non-hydrogen) atoms. The Kier molecular flexibility index (Phi) is 3.42. The minimum atomic E-state index is 0.451. The Morgan fingerprint density at radius 2 is 1.90 bits per heavy atom. The Balaban J connectivity index is 1.79. The van der Waals surface area contributed by atoms with E-state index < -0.39 is 0 Å². The van der Waals surface area contributed by atoms with Crippen LogP contribution in [0.25, 0.3) is 5.65 Å². The van der Waals surface area contributed by atoms with E-state index in [1.807, 2.05) is 53.2 Å². The molecule has 0 amide bonds. The highest BCUT2D eigenvalue weighted by Crippen LogP contribution is 2.26. The summed E-state index contributed by atoms with van der Waals surface area (Å²) in [6.07, 6.45) is 4.00. The maximum absolute atomic E-state index is 5.94. The molecule has 0 fully saturated rings. The van der Waals surface area contributed by atoms with Crippen molar-refractivity contribution in [3.8, 4) is 5.75 Å². The van der Waals surface area contributed by atoms with Crippen molar-refractivity contribution < 1.29 is 4.74 Å². The second kappa shape index (κ2) is 5.37. The maximum Gasteiger partial charge on any atom is 0.137 e. The first kappa shape index (κ1) is 12.7. The average molecular weight is 266 g/mol. The zero-order valence-electron chi connectivity index (χ0n) is 11.8. The lowest BCUT2D eigenvalue weighted by molar-refractivity contribution is 0.298. The Morgan fingerprint density at radius 3 is 2.70 bits per heavy atom. The Morgan fingerprint density at radius 1 is 1.10 bits per heavy atom. The Labute approximate surface area is 118 Å². The molecule has 0 aliphatic carbocycles. The van der Waals surface area contributed by atoms with E-state index in [2.05, 4.69) is 24.9 Å². The third kappa shape index (κ3) is 2.52. The van der Waals surface area contributed by atoms with Crippen molar-refractivity contribution in [1.82, 2.24) is 9.38 Å². The molecule has 3 aromatic rings. The van der Waals surface area contributed by atoms with E-state index >= 15 is 0 Å². The van der Waals surface area contributed by atoms with Crippen LogP contribution in [-0.4, -0.2) is 9.38 Å². The predicted molar refractivity (Wildman–Crippen MR) is 80.1 cm³/mol. The van der Waals surface area contributed by atoms with Gasteiger partial charge in [0.1, 0.15) is 18.0 Å². The number of nitrogens with zero attached hydrogens (tertiary/aromatic N) is 2. The van der Waals surface area contributed by atoms with Crippen LogP contribution in [0.2, 0.25) is 0 Å². The number of ether oxygens (including phenoxy) is 1. The summed E-state index contributed by atoms with van der Waals surface area (Å²) >= 11 is 0. The van der Waals surface area contributed by atoms with E-state index in [1.165, 1.54) is 5.56 Å². The number of hydrogen-bond acceptors (Lipinski definition) is 2. The first-order valence-electron chi connectivity index (χ1n) is 6.88. The first-order chi connectivity index (χ1) is 9.74. The molecule has 3 rings (SSSR count). The van der Waals surface area contributed by atoms with E-state index in [0.717, 1.165) is 17.1 Å². The lowest BCUT2D eigenvalue weighted by Crippen LogP contribution is -1.99. The fourth-order valence-electron chi connectivity index (χ4n) is 2.30. The minimum absolute atomic E-state index is 0.451. The quantitative estimate of drug-likeness (QED) is 0.712. The molecule has 102 valence electrons. The van der Waals surface area contributed by atoms with Gasteiger partial charge in [-0.25, -0.2) is 4.98 Å². The first-order valence-corrected chi connectivity index (χ1v) is 6.88. The lowest BCUT2D eigenvalue weighted by atomic mass is 10.0. The van der Waals surface area contributed by atoms with Gasteiger partial charge in [-0.05, 0) is 29.7 Å². The maximum atomic E-state index is 5.94. The standard InChI is InChI=1S/C17H18N2O/c1-13(2)15-7-3-4-8-16(15)20-12-14-11-19-10-6-5-9-17(19)18-14/h3-11,13H,12H2,1-2H3. The van der Waals surface area contributed by atoms with Gasteiger partial charge < -0.3 is 9.14 Å². The molecule has 0 aliphatic heterocycles. The van der Waals surface area contributed by atoms with Crippen LogP contribution in [0, 0.1) is 0 Å². The van der Waals surface area contributed by atoms with Crippen LogP contribution in [0.5, 0.6) is 5.75 Å². The number of hydrogen-bond donors (Lipinski definition) is 0. The summed E-state index contributed by atoms with van der Waals surface area (Å²) in [4.78, 5) is 4.54. The molecular weight excluding hydrogens is 248 g/mol. The van der Waals surface area contributed by atoms with E-state index in [-0.39, 0.29) is 0 Å². The van der Waals surface area contributed by atoms with Gasteiger partial charge in [0, 0.05) is 12.4 Å². The van der Waals surface area contributed by atoms with Crippen LogP contribution in [0.4, 0.5) is 0 Å². The van der Waals surface area contributed by atoms with Gasteiger partial charge in [0.05, 0.1) is 5.69 Å². The van der Waals surface area contributed by atoms with Gasteiger partial charge in [-0.2, -0.15) is 0 Å². The average Bonchev–Trinajstić information content (AvgIpc) is 2.88. The molecular formula is C17H18N2O. The number of rotatable bonds is 4. The van der Waals surface area contributed by atoms with Crippen LogP contribution in [0.1, 0.15) is 31.0 Å². The van der Waals surface area contributed by atoms with Crippen LogP contribution in [-0.2, 0) is 6.61 Å². The van der Waals surface area contributed by atoms with Crippen LogP contribution >= 0.6 is 0 Å². The van der Waals surface area contributed by atoms with E-state index in [0.29, 0.717) is 12.5 Å². The number of benzene rings is 1. The molecule has 0 bridgehead atoms. The van der Waals surface area contributed by atoms with E-state index in [1.54, 1.807) is 0 Å². The third-order valence-corrected chi connectivity index (χ3v) is 3.33. The largest absolute Gasteiger partial charge is 0.487 e. The molecule has 2 aromatic heterocycles. The van der Waals surface area contributed by atoms with Crippen molar-refractivity contribution in [2.45, 2.75) is 26.4 Å². The van der Waals surface area contributed by atoms with Crippen molar-refractivity contribution in [3.05, 3.63) is 66.1 Å². The van der Waals surface area contributed by atoms with Gasteiger partial charge in [-0.1, -0.05) is 38.1 Å². The molecule has 0 atom stereocenters. The lowest BCUT2D eigenvalue weighted by Gasteiger charge is -2.12. The molecule has 0 saturated heterocycles. The second-order valence-electron chi connectivity index (χ2n) is 5.18. The molecule has 0 radical (unpaired) electrons. The fraction of sp³-hybridized carbons (Fsp3) is 0.235. The molecule has 0 spiro atoms. The van der Waals surface area contributed by atoms with Crippen molar-refractivity contribution in [2.75, 3.05) is 0 Å². The van der Waals surface area contributed by atoms with Gasteiger partial charge in [0.15, 0.2) is 0 Å². The zero-order valence-corrected chi connectivity index (χ0v) is 11.8. The second-order valence-corrected chi connectivity index (χ2v) is 5.18. The van der Waals surface area contributed by atoms with Crippen molar-refractivity contribution >= 4 is 5.65 Å². The highest BCUT2D eigenvalue weighted by atomic mass is 16.5. The van der Waals surface area contributed by atoms with Crippen LogP contribution < -0.4 is 4.74 Å². The highest BCUT2D eigenvalue weighted by Gasteiger charge is 2.08. The summed E-state index contributed by atoms with van der Waals surface area (Å²) < 4.78 is 7.95. The summed E-state index contributed by atoms with van der Waals surface area (Å²) in [6.45, 7) is 4.84. The SMILES string of the molecule is CC(C)c1ccccc1OCc1cn2ccccc2n1. The smallest absolute Gasteiger partial charge is 0.137 e. The topological polar surface area (TPSA) is 26.5 Å². The monoisotopic (exact) mass is 266 g/mol. The third-order valence-electron chi connectivity index (χ3n) is 3.33. The summed E-state index contributed by atoms with van der Waals surface area (Å²) in [5, 5.41) is 0. The highest BCUT2D eigenvalue weighted by molar-refractivity contribution is 5.40. The van der Waals surface area contributed by atoms with E-state index in [4.69, 9.17) is 4.74 Å². The van der Waals surface area contributed by atoms with E-state index in [9.17, 15) is 0 Å².